The number of rotatable bonds is 18. The van der Waals surface area contributed by atoms with Crippen molar-refractivity contribution in [2.75, 3.05) is 58.7 Å². The van der Waals surface area contributed by atoms with Crippen molar-refractivity contribution in [3.8, 4) is 17.2 Å². The summed E-state index contributed by atoms with van der Waals surface area (Å²) in [4.78, 5) is 141. The number of nitrogens with zero attached hydrogens (tertiary/aromatic N) is 4. The van der Waals surface area contributed by atoms with Gasteiger partial charge in [-0.1, -0.05) is 61.5 Å². The predicted molar refractivity (Wildman–Crippen MR) is 323 cm³/mol. The molecule has 4 amide bonds. The van der Waals surface area contributed by atoms with E-state index in [1.165, 1.54) is 67.2 Å². The predicted octanol–water partition coefficient (Wildman–Crippen LogP) is 4.19. The van der Waals surface area contributed by atoms with E-state index >= 15 is 4.79 Å². The number of anilines is 1. The monoisotopic (exact) mass is 1280 g/mol. The second-order valence-corrected chi connectivity index (χ2v) is 25.9. The number of Topliss-reactive ketones (excluding diaryl/α,β-unsaturated/α-hetero) is 2. The number of benzene rings is 2. The van der Waals surface area contributed by atoms with Crippen LogP contribution in [0.15, 0.2) is 45.8 Å². The van der Waals surface area contributed by atoms with Crippen molar-refractivity contribution in [1.29, 1.82) is 0 Å². The molecule has 9 atom stereocenters. The fourth-order valence-electron chi connectivity index (χ4n) is 11.5. The second kappa shape index (κ2) is 29.6. The Morgan fingerprint density at radius 3 is 2.20 bits per heavy atom. The molecule has 5 heterocycles. The zero-order valence-electron chi connectivity index (χ0n) is 53.4. The molecule has 0 saturated carbocycles. The molecule has 5 aliphatic heterocycles. The zero-order chi connectivity index (χ0) is 67.1. The topological polar surface area (TPSA) is 387 Å². The molecule has 2 aromatic carbocycles. The third-order valence-electron chi connectivity index (χ3n) is 16.4. The molecule has 0 radical (unpaired) electrons. The fourth-order valence-corrected chi connectivity index (χ4v) is 11.9. The van der Waals surface area contributed by atoms with E-state index in [0.717, 1.165) is 17.5 Å². The van der Waals surface area contributed by atoms with E-state index in [-0.39, 0.29) is 56.0 Å². The summed E-state index contributed by atoms with van der Waals surface area (Å²) in [7, 11) is -2.11. The summed E-state index contributed by atoms with van der Waals surface area (Å²) in [5.74, 6) is -12.2. The van der Waals surface area contributed by atoms with Crippen LogP contribution < -0.4 is 31.4 Å². The van der Waals surface area contributed by atoms with E-state index in [0.29, 0.717) is 31.8 Å². The van der Waals surface area contributed by atoms with Crippen LogP contribution in [0.5, 0.6) is 17.2 Å². The molecule has 0 aliphatic carbocycles. The molecule has 496 valence electrons. The van der Waals surface area contributed by atoms with Gasteiger partial charge in [-0.15, -0.1) is 0 Å². The number of carbonyl (C=O) groups excluding carboxylic acids is 8. The lowest BCUT2D eigenvalue weighted by Crippen LogP contribution is -2.49. The van der Waals surface area contributed by atoms with Gasteiger partial charge < -0.3 is 84.0 Å². The molecule has 1 spiro atoms. The Bertz CT molecular complexity index is 3390. The van der Waals surface area contributed by atoms with E-state index in [4.69, 9.17) is 43.1 Å². The number of allylic oxidation sites excluding steroid dienone is 2. The maximum absolute atomic E-state index is 15.0. The number of methoxy groups -OCH3 is 1. The molecular formula is C61H86N7O21P. The van der Waals surface area contributed by atoms with E-state index < -0.39 is 170 Å². The van der Waals surface area contributed by atoms with Crippen LogP contribution in [0.25, 0.3) is 10.8 Å². The molecule has 0 aromatic heterocycles. The molecule has 1 saturated heterocycles. The smallest absolute Gasteiger partial charge is 0.410 e. The van der Waals surface area contributed by atoms with Gasteiger partial charge in [-0.2, -0.15) is 0 Å². The Labute approximate surface area is 521 Å². The maximum Gasteiger partial charge on any atom is 0.410 e. The average Bonchev–Trinajstić information content (AvgIpc) is 1.50. The van der Waals surface area contributed by atoms with Gasteiger partial charge in [-0.25, -0.2) is 4.79 Å². The number of phenols is 2. The van der Waals surface area contributed by atoms with Crippen LogP contribution in [-0.4, -0.2) is 178 Å². The highest BCUT2D eigenvalue weighted by Gasteiger charge is 2.50. The first-order chi connectivity index (χ1) is 42.1. The van der Waals surface area contributed by atoms with Crippen molar-refractivity contribution in [2.45, 2.75) is 157 Å². The van der Waals surface area contributed by atoms with E-state index in [2.05, 4.69) is 29.4 Å². The number of esters is 2. The van der Waals surface area contributed by atoms with Crippen LogP contribution in [0.1, 0.15) is 124 Å². The summed E-state index contributed by atoms with van der Waals surface area (Å²) < 4.78 is 52.1. The van der Waals surface area contributed by atoms with Crippen molar-refractivity contribution in [3.05, 3.63) is 57.7 Å². The van der Waals surface area contributed by atoms with Crippen LogP contribution in [0.2, 0.25) is 0 Å². The fraction of sp³-hybridized carbons (Fsp3) is 0.607. The summed E-state index contributed by atoms with van der Waals surface area (Å²) in [6.07, 6.45) is -2.01. The molecule has 2 aromatic rings. The van der Waals surface area contributed by atoms with E-state index in [1.807, 2.05) is 5.32 Å². The van der Waals surface area contributed by atoms with Gasteiger partial charge in [0, 0.05) is 108 Å². The molecule has 28 nitrogen and oxygen atoms in total. The largest absolute Gasteiger partial charge is 0.507 e. The van der Waals surface area contributed by atoms with Gasteiger partial charge in [0.1, 0.15) is 47.1 Å². The SMILES string of the molecule is CCC(=O)OCOC(=O)N[C@@H](CCC(=O)NCP(=O)(O)O)C(=O)N(C)CC(=O)/C1=C\C=C(\C)C(=O)Nc2c(O)c3c(O)c(C)c4c(c3c3c2=NC2(CCN(CC(C)C)CC2)N=3)C(=O)[C@@](C)(O/C=C/[C@H](OC)[C@@H](C)[C@@H](OC(C)=O)[C@H](C)[C@H](O)[C@H](C)[C@H](C(C)C)O1)O4. The molecule has 8 N–H and O–H groups in total. The molecule has 29 heteroatoms. The lowest BCUT2D eigenvalue weighted by Gasteiger charge is -2.39. The molecule has 1 fully saturated rings. The summed E-state index contributed by atoms with van der Waals surface area (Å²) in [5, 5.41) is 43.8. The Balaban J connectivity index is 1.51. The number of amides is 4. The highest BCUT2D eigenvalue weighted by molar-refractivity contribution is 7.51. The highest BCUT2D eigenvalue weighted by Crippen LogP contribution is 2.50. The number of likely N-dealkylation sites (tertiary alicyclic amines) is 1. The number of phenolic OH excluding ortho intramolecular Hbond substituents is 2. The van der Waals surface area contributed by atoms with Gasteiger partial charge in [-0.3, -0.25) is 48.1 Å². The lowest BCUT2D eigenvalue weighted by molar-refractivity contribution is -0.161. The Morgan fingerprint density at radius 2 is 1.60 bits per heavy atom. The molecule has 0 unspecified atom stereocenters. The van der Waals surface area contributed by atoms with E-state index in [9.17, 15) is 63.2 Å². The zero-order valence-corrected chi connectivity index (χ0v) is 54.3. The third-order valence-corrected chi connectivity index (χ3v) is 17.0. The van der Waals surface area contributed by atoms with Crippen LogP contribution in [-0.2, 0) is 61.8 Å². The van der Waals surface area contributed by atoms with Gasteiger partial charge in [0.2, 0.25) is 24.4 Å². The quantitative estimate of drug-likeness (QED) is 0.0449. The molecule has 7 rings (SSSR count). The van der Waals surface area contributed by atoms with Crippen molar-refractivity contribution >= 4 is 71.4 Å². The molecular weight excluding hydrogens is 1200 g/mol. The number of ketones is 2. The van der Waals surface area contributed by atoms with Crippen molar-refractivity contribution in [3.63, 3.8) is 0 Å². The van der Waals surface area contributed by atoms with Gasteiger partial charge >= 0.3 is 31.4 Å². The summed E-state index contributed by atoms with van der Waals surface area (Å²) in [6.45, 7) is 20.0. The maximum atomic E-state index is 15.0. The minimum absolute atomic E-state index is 0.00610. The molecule has 5 aliphatic rings. The normalized spacial score (nSPS) is 25.6. The second-order valence-electron chi connectivity index (χ2n) is 24.3. The van der Waals surface area contributed by atoms with Crippen LogP contribution in [0.4, 0.5) is 10.5 Å². The first-order valence-corrected chi connectivity index (χ1v) is 31.6. The third kappa shape index (κ3) is 16.7. The first kappa shape index (κ1) is 71.6. The Hall–Kier alpha value is -7.49. The number of aliphatic hydroxyl groups is 1. The molecule has 5 bridgehead atoms. The van der Waals surface area contributed by atoms with Crippen molar-refractivity contribution in [1.82, 2.24) is 20.4 Å². The molecule has 90 heavy (non-hydrogen) atoms. The minimum Gasteiger partial charge on any atom is -0.507 e. The number of piperidine rings is 1. The summed E-state index contributed by atoms with van der Waals surface area (Å²) in [6, 6.07) is -1.64. The number of likely N-dealkylation sites (N-methyl/N-ethyl adjacent to an activating group) is 1. The number of aromatic hydroxyl groups is 2. The average molecular weight is 1280 g/mol. The van der Waals surface area contributed by atoms with Gasteiger partial charge in [-0.05, 0) is 44.3 Å². The van der Waals surface area contributed by atoms with Crippen LogP contribution in [0, 0.1) is 36.5 Å². The van der Waals surface area contributed by atoms with E-state index in [1.54, 1.807) is 34.6 Å². The van der Waals surface area contributed by atoms with Gasteiger partial charge in [0.05, 0.1) is 41.3 Å². The minimum atomic E-state index is -4.70. The van der Waals surface area contributed by atoms with Gasteiger partial charge in [0.15, 0.2) is 17.2 Å². The standard InChI is InChI=1S/C61H86N7O21P/c1-15-43(72)84-29-85-59(79)63-38(17-19-42(71)62-28-90(80,81)82)58(78)67(13)27-39(70)41-18-16-32(6)57(77)64-49-48-47(65-61(66-48)21-23-68(24-22-61)26-30(2)3)44-45(52(49)75)51(74)36(10)55-46(44)56(76)60(12,89-55)86-25-20-40(83-14)33(7)54(87-37(11)69)35(9)50(73)34(8)53(88-41)31(4)5/h16,18,20,25,30-31,33-35,38,40,50,53-54,73-75H,15,17,19,21-24,26-29H2,1-14H3,(H,62,71)(H,63,79)(H,64,77)(H2,80,81,82)/b25-20+,32-16-,41-18+/t33-,34+,35-,38+,40+,50-,53+,54-,60+/m1/s1. The van der Waals surface area contributed by atoms with Gasteiger partial charge in [0.25, 0.3) is 11.7 Å². The number of nitrogens with one attached hydrogen (secondary N) is 3. The van der Waals surface area contributed by atoms with Crippen molar-refractivity contribution < 1.29 is 101 Å². The number of aliphatic hydroxyl groups excluding tert-OH is 1. The van der Waals surface area contributed by atoms with Crippen molar-refractivity contribution in [2.24, 2.45) is 39.6 Å². The highest BCUT2D eigenvalue weighted by atomic mass is 31.2. The van der Waals surface area contributed by atoms with Crippen LogP contribution >= 0.6 is 7.60 Å². The van der Waals surface area contributed by atoms with Crippen LogP contribution in [0.3, 0.4) is 0 Å². The number of ether oxygens (including phenoxy) is 7. The Morgan fingerprint density at radius 1 is 0.944 bits per heavy atom. The Kier molecular flexibility index (Phi) is 23.6. The number of carbonyl (C=O) groups is 8. The summed E-state index contributed by atoms with van der Waals surface area (Å²) >= 11 is 0. The summed E-state index contributed by atoms with van der Waals surface area (Å²) in [5.41, 5.74) is -1.55. The number of hydrogen-bond donors (Lipinski definition) is 8. The first-order valence-electron chi connectivity index (χ1n) is 29.8. The lowest BCUT2D eigenvalue weighted by atomic mass is 9.78. The number of alkyl carbamates (subject to hydrolysis) is 1. The number of fused-ring (bicyclic) bond motifs is 13. The number of hydrogen-bond acceptors (Lipinski definition) is 22.